The molecule has 0 radical (unpaired) electrons. The van der Waals surface area contributed by atoms with Gasteiger partial charge >= 0.3 is 0 Å². The molecule has 2 rings (SSSR count). The van der Waals surface area contributed by atoms with Crippen molar-refractivity contribution in [2.24, 2.45) is 11.8 Å². The van der Waals surface area contributed by atoms with Crippen LogP contribution in [0.4, 0.5) is 0 Å². The van der Waals surface area contributed by atoms with Crippen LogP contribution >= 0.6 is 11.3 Å². The summed E-state index contributed by atoms with van der Waals surface area (Å²) in [5.41, 5.74) is 0. The number of hydrogen-bond acceptors (Lipinski definition) is 4. The Morgan fingerprint density at radius 2 is 2.00 bits per heavy atom. The van der Waals surface area contributed by atoms with E-state index in [-0.39, 0.29) is 0 Å². The average molecular weight is 331 g/mol. The summed E-state index contributed by atoms with van der Waals surface area (Å²) in [6, 6.07) is 1.83. The molecule has 120 valence electrons. The van der Waals surface area contributed by atoms with Crippen molar-refractivity contribution in [2.75, 3.05) is 20.1 Å². The molecule has 0 bridgehead atoms. The molecule has 0 amide bonds. The number of sulfonamides is 1. The average Bonchev–Trinajstić information content (AvgIpc) is 2.81. The van der Waals surface area contributed by atoms with Gasteiger partial charge in [-0.25, -0.2) is 8.42 Å². The number of nitrogens with zero attached hydrogens (tertiary/aromatic N) is 1. The molecular weight excluding hydrogens is 304 g/mol. The van der Waals surface area contributed by atoms with Gasteiger partial charge < -0.3 is 5.32 Å². The molecule has 0 unspecified atom stereocenters. The lowest BCUT2D eigenvalue weighted by atomic mass is 9.87. The number of aryl methyl sites for hydroxylation is 1. The van der Waals surface area contributed by atoms with Gasteiger partial charge in [-0.2, -0.15) is 4.31 Å². The minimum atomic E-state index is -3.32. The van der Waals surface area contributed by atoms with E-state index >= 15 is 0 Å². The van der Waals surface area contributed by atoms with Gasteiger partial charge in [0.25, 0.3) is 0 Å². The van der Waals surface area contributed by atoms with E-state index in [1.54, 1.807) is 15.6 Å². The third-order valence-electron chi connectivity index (χ3n) is 4.33. The van der Waals surface area contributed by atoms with Gasteiger partial charge in [0.15, 0.2) is 0 Å². The van der Waals surface area contributed by atoms with Gasteiger partial charge in [0, 0.05) is 29.4 Å². The van der Waals surface area contributed by atoms with E-state index in [9.17, 15) is 8.42 Å². The molecule has 1 saturated heterocycles. The highest BCUT2D eigenvalue weighted by molar-refractivity contribution is 7.89. The molecule has 0 aromatic carbocycles. The molecule has 2 heterocycles. The standard InChI is InChI=1S/C15H26N2O2S2/c1-11(2)13-5-7-17(8-6-13)21(18,19)15-9-14(10-16-4)20-12(15)3/h9,11,13,16H,5-8,10H2,1-4H3. The second-order valence-corrected chi connectivity index (χ2v) is 9.40. The van der Waals surface area contributed by atoms with Crippen LogP contribution in [0.3, 0.4) is 0 Å². The lowest BCUT2D eigenvalue weighted by Gasteiger charge is -2.33. The Morgan fingerprint density at radius 1 is 1.38 bits per heavy atom. The third kappa shape index (κ3) is 3.67. The lowest BCUT2D eigenvalue weighted by Crippen LogP contribution is -2.39. The molecule has 1 aliphatic rings. The summed E-state index contributed by atoms with van der Waals surface area (Å²) in [6.07, 6.45) is 1.95. The van der Waals surface area contributed by atoms with Gasteiger partial charge in [-0.15, -0.1) is 11.3 Å². The van der Waals surface area contributed by atoms with Crippen molar-refractivity contribution in [1.29, 1.82) is 0 Å². The first-order valence-electron chi connectivity index (χ1n) is 7.60. The zero-order valence-electron chi connectivity index (χ0n) is 13.3. The van der Waals surface area contributed by atoms with Gasteiger partial charge in [-0.05, 0) is 44.7 Å². The Bertz CT molecular complexity index is 570. The van der Waals surface area contributed by atoms with E-state index in [1.165, 1.54) is 0 Å². The summed E-state index contributed by atoms with van der Waals surface area (Å²) in [4.78, 5) is 2.47. The van der Waals surface area contributed by atoms with Crippen molar-refractivity contribution < 1.29 is 8.42 Å². The molecule has 6 heteroatoms. The summed E-state index contributed by atoms with van der Waals surface area (Å²) in [5.74, 6) is 1.29. The Labute approximate surface area is 132 Å². The first-order chi connectivity index (χ1) is 9.86. The van der Waals surface area contributed by atoms with Crippen LogP contribution in [0.2, 0.25) is 0 Å². The molecule has 21 heavy (non-hydrogen) atoms. The van der Waals surface area contributed by atoms with Gasteiger partial charge in [0.2, 0.25) is 10.0 Å². The molecule has 0 spiro atoms. The Morgan fingerprint density at radius 3 is 2.52 bits per heavy atom. The van der Waals surface area contributed by atoms with E-state index in [2.05, 4.69) is 19.2 Å². The molecule has 1 aromatic rings. The van der Waals surface area contributed by atoms with Crippen molar-refractivity contribution in [3.05, 3.63) is 15.8 Å². The Hall–Kier alpha value is -0.430. The second-order valence-electron chi connectivity index (χ2n) is 6.15. The summed E-state index contributed by atoms with van der Waals surface area (Å²) in [5, 5.41) is 3.08. The van der Waals surface area contributed by atoms with Crippen LogP contribution in [0.15, 0.2) is 11.0 Å². The fourth-order valence-electron chi connectivity index (χ4n) is 2.96. The highest BCUT2D eigenvalue weighted by Crippen LogP contribution is 2.32. The van der Waals surface area contributed by atoms with E-state index in [0.717, 1.165) is 29.1 Å². The number of rotatable bonds is 5. The minimum absolute atomic E-state index is 0.501. The number of nitrogens with one attached hydrogen (secondary N) is 1. The minimum Gasteiger partial charge on any atom is -0.315 e. The predicted octanol–water partition coefficient (Wildman–Crippen LogP) is 2.83. The quantitative estimate of drug-likeness (QED) is 0.903. The Balaban J connectivity index is 2.15. The number of piperidine rings is 1. The predicted molar refractivity (Wildman–Crippen MR) is 88.1 cm³/mol. The van der Waals surface area contributed by atoms with Crippen LogP contribution in [-0.2, 0) is 16.6 Å². The van der Waals surface area contributed by atoms with Crippen LogP contribution < -0.4 is 5.32 Å². The molecule has 0 aliphatic carbocycles. The summed E-state index contributed by atoms with van der Waals surface area (Å²) < 4.78 is 27.3. The zero-order chi connectivity index (χ0) is 15.6. The van der Waals surface area contributed by atoms with Crippen molar-refractivity contribution in [3.8, 4) is 0 Å². The van der Waals surface area contributed by atoms with Crippen molar-refractivity contribution >= 4 is 21.4 Å². The molecule has 0 saturated carbocycles. The van der Waals surface area contributed by atoms with Crippen LogP contribution in [0, 0.1) is 18.8 Å². The topological polar surface area (TPSA) is 49.4 Å². The van der Waals surface area contributed by atoms with Gasteiger partial charge in [-0.3, -0.25) is 0 Å². The molecule has 1 fully saturated rings. The molecular formula is C15H26N2O2S2. The fraction of sp³-hybridized carbons (Fsp3) is 0.733. The van der Waals surface area contributed by atoms with Crippen LogP contribution in [-0.4, -0.2) is 32.9 Å². The maximum atomic E-state index is 12.8. The molecule has 1 aliphatic heterocycles. The molecule has 1 N–H and O–H groups in total. The van der Waals surface area contributed by atoms with Crippen molar-refractivity contribution in [1.82, 2.24) is 9.62 Å². The Kier molecular flexibility index (Phi) is 5.46. The van der Waals surface area contributed by atoms with Crippen LogP contribution in [0.5, 0.6) is 0 Å². The van der Waals surface area contributed by atoms with Gasteiger partial charge in [0.05, 0.1) is 4.90 Å². The van der Waals surface area contributed by atoms with Crippen molar-refractivity contribution in [2.45, 2.75) is 45.1 Å². The lowest BCUT2D eigenvalue weighted by molar-refractivity contribution is 0.226. The summed E-state index contributed by atoms with van der Waals surface area (Å²) >= 11 is 1.57. The fourth-order valence-corrected chi connectivity index (χ4v) is 6.05. The first-order valence-corrected chi connectivity index (χ1v) is 9.86. The van der Waals surface area contributed by atoms with E-state index in [1.807, 2.05) is 20.0 Å². The highest BCUT2D eigenvalue weighted by atomic mass is 32.2. The van der Waals surface area contributed by atoms with Gasteiger partial charge in [-0.1, -0.05) is 13.8 Å². The molecule has 4 nitrogen and oxygen atoms in total. The largest absolute Gasteiger partial charge is 0.315 e. The maximum absolute atomic E-state index is 12.8. The number of thiophene rings is 1. The first kappa shape index (κ1) is 16.9. The SMILES string of the molecule is CNCc1cc(S(=O)(=O)N2CCC(C(C)C)CC2)c(C)s1. The van der Waals surface area contributed by atoms with E-state index < -0.39 is 10.0 Å². The normalized spacial score (nSPS) is 18.5. The monoisotopic (exact) mass is 330 g/mol. The van der Waals surface area contributed by atoms with Crippen LogP contribution in [0.1, 0.15) is 36.4 Å². The number of hydrogen-bond donors (Lipinski definition) is 1. The van der Waals surface area contributed by atoms with E-state index in [0.29, 0.717) is 29.8 Å². The maximum Gasteiger partial charge on any atom is 0.244 e. The van der Waals surface area contributed by atoms with Gasteiger partial charge in [0.1, 0.15) is 0 Å². The van der Waals surface area contributed by atoms with Crippen LogP contribution in [0.25, 0.3) is 0 Å². The smallest absolute Gasteiger partial charge is 0.244 e. The second kappa shape index (κ2) is 6.77. The van der Waals surface area contributed by atoms with E-state index in [4.69, 9.17) is 0 Å². The third-order valence-corrected chi connectivity index (χ3v) is 7.54. The van der Waals surface area contributed by atoms with Crippen molar-refractivity contribution in [3.63, 3.8) is 0 Å². The summed E-state index contributed by atoms with van der Waals surface area (Å²) in [7, 11) is -1.45. The molecule has 1 aromatic heterocycles. The highest BCUT2D eigenvalue weighted by Gasteiger charge is 2.32. The summed E-state index contributed by atoms with van der Waals surface area (Å²) in [6.45, 7) is 8.38. The zero-order valence-corrected chi connectivity index (χ0v) is 15.0. The molecule has 0 atom stereocenters.